The van der Waals surface area contributed by atoms with E-state index in [1.165, 1.54) is 93.1 Å². The molecular formula is C22H36N2. The molecule has 0 bridgehead atoms. The third-order valence-corrected chi connectivity index (χ3v) is 5.21. The van der Waals surface area contributed by atoms with E-state index >= 15 is 0 Å². The predicted octanol–water partition coefficient (Wildman–Crippen LogP) is 6.74. The Balaban J connectivity index is 1.58. The zero-order valence-corrected chi connectivity index (χ0v) is 16.1. The zero-order valence-electron chi connectivity index (χ0n) is 16.1. The van der Waals surface area contributed by atoms with Crippen molar-refractivity contribution in [1.82, 2.24) is 9.55 Å². The molecule has 0 saturated carbocycles. The zero-order chi connectivity index (χ0) is 17.2. The molecule has 134 valence electrons. The van der Waals surface area contributed by atoms with Crippen LogP contribution in [0.1, 0.15) is 88.9 Å². The van der Waals surface area contributed by atoms with Crippen LogP contribution in [-0.4, -0.2) is 9.55 Å². The highest BCUT2D eigenvalue weighted by Crippen LogP contribution is 2.20. The number of aryl methyl sites for hydroxylation is 3. The molecule has 0 N–H and O–H groups in total. The van der Waals surface area contributed by atoms with Gasteiger partial charge in [-0.25, -0.2) is 4.98 Å². The minimum Gasteiger partial charge on any atom is -0.331 e. The highest BCUT2D eigenvalue weighted by Gasteiger charge is 2.08. The standard InChI is InChI=1S/C22H36N2/c1-4-5-6-7-8-9-10-11-12-13-14-18-21-23-22-19(2)16-15-17-20(22)24(21)3/h15-17H,4-14,18H2,1-3H3. The molecule has 24 heavy (non-hydrogen) atoms. The number of unbranched alkanes of at least 4 members (excludes halogenated alkanes) is 10. The molecule has 0 spiro atoms. The van der Waals surface area contributed by atoms with E-state index < -0.39 is 0 Å². The molecule has 2 rings (SSSR count). The smallest absolute Gasteiger partial charge is 0.109 e. The number of hydrogen-bond donors (Lipinski definition) is 0. The van der Waals surface area contributed by atoms with Crippen LogP contribution in [0.15, 0.2) is 18.2 Å². The predicted molar refractivity (Wildman–Crippen MR) is 106 cm³/mol. The van der Waals surface area contributed by atoms with Gasteiger partial charge in [0.2, 0.25) is 0 Å². The van der Waals surface area contributed by atoms with Crippen LogP contribution in [0.5, 0.6) is 0 Å². The second-order valence-corrected chi connectivity index (χ2v) is 7.32. The Labute approximate surface area is 148 Å². The van der Waals surface area contributed by atoms with Gasteiger partial charge in [0.1, 0.15) is 5.82 Å². The quantitative estimate of drug-likeness (QED) is 0.395. The maximum absolute atomic E-state index is 4.86. The van der Waals surface area contributed by atoms with Crippen molar-refractivity contribution >= 4 is 11.0 Å². The summed E-state index contributed by atoms with van der Waals surface area (Å²) in [6.07, 6.45) is 16.5. The summed E-state index contributed by atoms with van der Waals surface area (Å²) in [4.78, 5) is 4.86. The molecule has 2 nitrogen and oxygen atoms in total. The molecule has 0 saturated heterocycles. The van der Waals surface area contributed by atoms with E-state index in [-0.39, 0.29) is 0 Å². The van der Waals surface area contributed by atoms with E-state index in [0.29, 0.717) is 0 Å². The number of nitrogens with zero attached hydrogens (tertiary/aromatic N) is 2. The molecule has 0 aliphatic carbocycles. The summed E-state index contributed by atoms with van der Waals surface area (Å²) in [6, 6.07) is 6.46. The monoisotopic (exact) mass is 328 g/mol. The molecule has 0 unspecified atom stereocenters. The highest BCUT2D eigenvalue weighted by molar-refractivity contribution is 5.79. The van der Waals surface area contributed by atoms with Gasteiger partial charge in [-0.2, -0.15) is 0 Å². The van der Waals surface area contributed by atoms with Crippen molar-refractivity contribution in [2.24, 2.45) is 7.05 Å². The van der Waals surface area contributed by atoms with Crippen molar-refractivity contribution in [3.8, 4) is 0 Å². The molecule has 0 aliphatic heterocycles. The van der Waals surface area contributed by atoms with Crippen molar-refractivity contribution in [1.29, 1.82) is 0 Å². The molecule has 0 amide bonds. The molecule has 2 aromatic rings. The van der Waals surface area contributed by atoms with Gasteiger partial charge in [-0.05, 0) is 25.0 Å². The number of imidazole rings is 1. The van der Waals surface area contributed by atoms with Crippen LogP contribution < -0.4 is 0 Å². The van der Waals surface area contributed by atoms with E-state index in [9.17, 15) is 0 Å². The van der Waals surface area contributed by atoms with E-state index in [1.54, 1.807) is 0 Å². The Hall–Kier alpha value is -1.31. The number of benzene rings is 1. The van der Waals surface area contributed by atoms with Gasteiger partial charge in [-0.1, -0.05) is 83.3 Å². The summed E-state index contributed by atoms with van der Waals surface area (Å²) >= 11 is 0. The lowest BCUT2D eigenvalue weighted by Crippen LogP contribution is -1.97. The number of fused-ring (bicyclic) bond motifs is 1. The van der Waals surface area contributed by atoms with E-state index in [2.05, 4.69) is 43.7 Å². The largest absolute Gasteiger partial charge is 0.331 e. The third kappa shape index (κ3) is 5.65. The maximum atomic E-state index is 4.86. The molecule has 1 aromatic carbocycles. The van der Waals surface area contributed by atoms with Gasteiger partial charge < -0.3 is 4.57 Å². The first-order valence-corrected chi connectivity index (χ1v) is 10.1. The lowest BCUT2D eigenvalue weighted by molar-refractivity contribution is 0.546. The van der Waals surface area contributed by atoms with Gasteiger partial charge >= 0.3 is 0 Å². The van der Waals surface area contributed by atoms with Crippen LogP contribution in [0.25, 0.3) is 11.0 Å². The molecular weight excluding hydrogens is 292 g/mol. The van der Waals surface area contributed by atoms with Crippen molar-refractivity contribution in [2.45, 2.75) is 90.9 Å². The summed E-state index contributed by atoms with van der Waals surface area (Å²) in [5.74, 6) is 1.25. The summed E-state index contributed by atoms with van der Waals surface area (Å²) < 4.78 is 2.28. The van der Waals surface area contributed by atoms with E-state index in [4.69, 9.17) is 4.98 Å². The summed E-state index contributed by atoms with van der Waals surface area (Å²) in [7, 11) is 2.16. The number of aromatic nitrogens is 2. The van der Waals surface area contributed by atoms with Crippen LogP contribution in [-0.2, 0) is 13.5 Å². The fraction of sp³-hybridized carbons (Fsp3) is 0.682. The fourth-order valence-corrected chi connectivity index (χ4v) is 3.57. The number of hydrogen-bond acceptors (Lipinski definition) is 1. The Kier molecular flexibility index (Phi) is 8.35. The van der Waals surface area contributed by atoms with E-state index in [1.807, 2.05) is 0 Å². The molecule has 0 fully saturated rings. The second-order valence-electron chi connectivity index (χ2n) is 7.32. The average molecular weight is 329 g/mol. The summed E-state index contributed by atoms with van der Waals surface area (Å²) in [6.45, 7) is 4.44. The van der Waals surface area contributed by atoms with Crippen LogP contribution in [0.2, 0.25) is 0 Å². The Morgan fingerprint density at radius 1 is 0.833 bits per heavy atom. The average Bonchev–Trinajstić information content (AvgIpc) is 2.91. The van der Waals surface area contributed by atoms with Crippen molar-refractivity contribution in [3.63, 3.8) is 0 Å². The fourth-order valence-electron chi connectivity index (χ4n) is 3.57. The molecule has 1 heterocycles. The van der Waals surface area contributed by atoms with Gasteiger partial charge in [0, 0.05) is 13.5 Å². The first-order chi connectivity index (χ1) is 11.7. The Bertz CT molecular complexity index is 597. The normalized spacial score (nSPS) is 11.5. The number of rotatable bonds is 12. The Morgan fingerprint density at radius 2 is 1.42 bits per heavy atom. The molecule has 0 radical (unpaired) electrons. The van der Waals surface area contributed by atoms with Gasteiger partial charge in [0.05, 0.1) is 11.0 Å². The topological polar surface area (TPSA) is 17.8 Å². The van der Waals surface area contributed by atoms with Crippen LogP contribution in [0, 0.1) is 6.92 Å². The first kappa shape index (κ1) is 19.0. The van der Waals surface area contributed by atoms with Gasteiger partial charge in [0.25, 0.3) is 0 Å². The SMILES string of the molecule is CCCCCCCCCCCCCc1nc2c(C)cccc2n1C. The lowest BCUT2D eigenvalue weighted by Gasteiger charge is -2.04. The van der Waals surface area contributed by atoms with Gasteiger partial charge in [-0.3, -0.25) is 0 Å². The number of para-hydroxylation sites is 1. The van der Waals surface area contributed by atoms with Gasteiger partial charge in [-0.15, -0.1) is 0 Å². The summed E-state index contributed by atoms with van der Waals surface area (Å²) in [5.41, 5.74) is 3.74. The van der Waals surface area contributed by atoms with Crippen LogP contribution >= 0.6 is 0 Å². The highest BCUT2D eigenvalue weighted by atomic mass is 15.1. The third-order valence-electron chi connectivity index (χ3n) is 5.21. The second kappa shape index (κ2) is 10.5. The minimum atomic E-state index is 1.11. The van der Waals surface area contributed by atoms with Crippen LogP contribution in [0.4, 0.5) is 0 Å². The Morgan fingerprint density at radius 3 is 2.00 bits per heavy atom. The van der Waals surface area contributed by atoms with Crippen LogP contribution in [0.3, 0.4) is 0 Å². The van der Waals surface area contributed by atoms with Crippen molar-refractivity contribution in [2.75, 3.05) is 0 Å². The summed E-state index contributed by atoms with van der Waals surface area (Å²) in [5, 5.41) is 0. The van der Waals surface area contributed by atoms with E-state index in [0.717, 1.165) is 6.42 Å². The minimum absolute atomic E-state index is 1.11. The molecule has 2 heteroatoms. The molecule has 0 aliphatic rings. The molecule has 0 atom stereocenters. The maximum Gasteiger partial charge on any atom is 0.109 e. The molecule has 1 aromatic heterocycles. The van der Waals surface area contributed by atoms with Gasteiger partial charge in [0.15, 0.2) is 0 Å². The lowest BCUT2D eigenvalue weighted by atomic mass is 10.1. The van der Waals surface area contributed by atoms with Crippen molar-refractivity contribution < 1.29 is 0 Å². The first-order valence-electron chi connectivity index (χ1n) is 10.1. The van der Waals surface area contributed by atoms with Crippen molar-refractivity contribution in [3.05, 3.63) is 29.6 Å².